The zero-order valence-electron chi connectivity index (χ0n) is 18.6. The highest BCUT2D eigenvalue weighted by atomic mass is 16.5. The van der Waals surface area contributed by atoms with E-state index in [1.165, 1.54) is 0 Å². The second kappa shape index (κ2) is 9.73. The third kappa shape index (κ3) is 4.85. The van der Waals surface area contributed by atoms with Crippen LogP contribution in [0.1, 0.15) is 35.3 Å². The summed E-state index contributed by atoms with van der Waals surface area (Å²) in [5.74, 6) is 1.03. The lowest BCUT2D eigenvalue weighted by molar-refractivity contribution is -0.132. The normalized spacial score (nSPS) is 14.8. The first-order chi connectivity index (χ1) is 15.5. The topological polar surface area (TPSA) is 54.8 Å². The maximum Gasteiger partial charge on any atom is 0.225 e. The number of ether oxygens (including phenoxy) is 1. The van der Waals surface area contributed by atoms with Crippen LogP contribution >= 0.6 is 0 Å². The maximum absolute atomic E-state index is 13.2. The molecular formula is C26H29N3O3. The first-order valence-corrected chi connectivity index (χ1v) is 11.0. The lowest BCUT2D eigenvalue weighted by Crippen LogP contribution is -2.49. The smallest absolute Gasteiger partial charge is 0.225 e. The molecule has 0 saturated carbocycles. The number of nitrogens with zero attached hydrogens (tertiary/aromatic N) is 3. The van der Waals surface area contributed by atoms with Crippen molar-refractivity contribution in [2.24, 2.45) is 0 Å². The van der Waals surface area contributed by atoms with E-state index < -0.39 is 0 Å². The van der Waals surface area contributed by atoms with Crippen LogP contribution in [0.4, 0.5) is 5.69 Å². The fraction of sp³-hybridized carbons (Fsp3) is 0.308. The highest BCUT2D eigenvalue weighted by Gasteiger charge is 2.25. The molecule has 6 nitrogen and oxygen atoms in total. The lowest BCUT2D eigenvalue weighted by Gasteiger charge is -2.37. The van der Waals surface area contributed by atoms with Gasteiger partial charge in [0, 0.05) is 49.8 Å². The molecule has 1 atom stereocenters. The van der Waals surface area contributed by atoms with Gasteiger partial charge in [0.2, 0.25) is 5.91 Å². The van der Waals surface area contributed by atoms with Gasteiger partial charge in [-0.25, -0.2) is 0 Å². The standard InChI is InChI=1S/C26H29N3O3/c1-20(30)21-5-9-23(10-6-21)27-15-17-29(18-16-27)26(31)19-25(28-13-3-4-14-28)22-7-11-24(32-2)12-8-22/h3-14,25H,15-19H2,1-2H3/t25-/m1/s1. The molecule has 0 bridgehead atoms. The number of aromatic nitrogens is 1. The van der Waals surface area contributed by atoms with Gasteiger partial charge in [0.1, 0.15) is 5.75 Å². The van der Waals surface area contributed by atoms with Crippen molar-refractivity contribution >= 4 is 17.4 Å². The zero-order chi connectivity index (χ0) is 22.5. The number of ketones is 1. The molecular weight excluding hydrogens is 402 g/mol. The van der Waals surface area contributed by atoms with Gasteiger partial charge in [0.15, 0.2) is 5.78 Å². The van der Waals surface area contributed by atoms with E-state index in [-0.39, 0.29) is 17.7 Å². The molecule has 0 N–H and O–H groups in total. The molecule has 1 amide bonds. The highest BCUT2D eigenvalue weighted by molar-refractivity contribution is 5.94. The Morgan fingerprint density at radius 2 is 1.53 bits per heavy atom. The SMILES string of the molecule is COc1ccc([C@@H](CC(=O)N2CCN(c3ccc(C(C)=O)cc3)CC2)n2cccc2)cc1. The minimum absolute atomic E-state index is 0.0550. The number of methoxy groups -OCH3 is 1. The van der Waals surface area contributed by atoms with Crippen molar-refractivity contribution in [3.63, 3.8) is 0 Å². The quantitative estimate of drug-likeness (QED) is 0.530. The predicted molar refractivity (Wildman–Crippen MR) is 125 cm³/mol. The highest BCUT2D eigenvalue weighted by Crippen LogP contribution is 2.26. The van der Waals surface area contributed by atoms with Gasteiger partial charge in [-0.15, -0.1) is 0 Å². The average Bonchev–Trinajstić information content (AvgIpc) is 3.37. The van der Waals surface area contributed by atoms with Gasteiger partial charge in [-0.05, 0) is 61.0 Å². The molecule has 6 heteroatoms. The van der Waals surface area contributed by atoms with Gasteiger partial charge < -0.3 is 19.1 Å². The molecule has 2 heterocycles. The Morgan fingerprint density at radius 3 is 2.09 bits per heavy atom. The van der Waals surface area contributed by atoms with Crippen LogP contribution in [-0.4, -0.2) is 54.4 Å². The molecule has 1 fully saturated rings. The second-order valence-electron chi connectivity index (χ2n) is 8.09. The van der Waals surface area contributed by atoms with Crippen molar-refractivity contribution in [2.45, 2.75) is 19.4 Å². The Labute approximate surface area is 189 Å². The van der Waals surface area contributed by atoms with Crippen molar-refractivity contribution < 1.29 is 14.3 Å². The fourth-order valence-corrected chi connectivity index (χ4v) is 4.19. The molecule has 2 aromatic carbocycles. The van der Waals surface area contributed by atoms with Crippen molar-refractivity contribution in [1.82, 2.24) is 9.47 Å². The molecule has 0 aliphatic carbocycles. The number of carbonyl (C=O) groups excluding carboxylic acids is 2. The molecule has 1 saturated heterocycles. The Balaban J connectivity index is 1.40. The summed E-state index contributed by atoms with van der Waals surface area (Å²) in [6, 6.07) is 19.5. The van der Waals surface area contributed by atoms with Crippen molar-refractivity contribution in [1.29, 1.82) is 0 Å². The van der Waals surface area contributed by atoms with E-state index in [0.29, 0.717) is 19.5 Å². The molecule has 0 radical (unpaired) electrons. The molecule has 3 aromatic rings. The summed E-state index contributed by atoms with van der Waals surface area (Å²) < 4.78 is 7.37. The van der Waals surface area contributed by atoms with Crippen LogP contribution in [0.2, 0.25) is 0 Å². The summed E-state index contributed by atoms with van der Waals surface area (Å²) in [6.07, 6.45) is 4.42. The summed E-state index contributed by atoms with van der Waals surface area (Å²) in [6.45, 7) is 4.51. The van der Waals surface area contributed by atoms with Gasteiger partial charge >= 0.3 is 0 Å². The number of carbonyl (C=O) groups is 2. The van der Waals surface area contributed by atoms with E-state index in [4.69, 9.17) is 4.74 Å². The summed E-state index contributed by atoms with van der Waals surface area (Å²) in [4.78, 5) is 28.9. The first kappa shape index (κ1) is 21.7. The number of benzene rings is 2. The first-order valence-electron chi connectivity index (χ1n) is 11.0. The average molecular weight is 432 g/mol. The maximum atomic E-state index is 13.2. The number of hydrogen-bond acceptors (Lipinski definition) is 4. The molecule has 1 aromatic heterocycles. The van der Waals surface area contributed by atoms with Crippen molar-refractivity contribution in [2.75, 3.05) is 38.2 Å². The van der Waals surface area contributed by atoms with Gasteiger partial charge in [0.05, 0.1) is 19.6 Å². The van der Waals surface area contributed by atoms with Crippen LogP contribution in [0.25, 0.3) is 0 Å². The van der Waals surface area contributed by atoms with Crippen molar-refractivity contribution in [3.8, 4) is 5.75 Å². The minimum atomic E-state index is -0.0550. The van der Waals surface area contributed by atoms with Crippen LogP contribution < -0.4 is 9.64 Å². The molecule has 0 unspecified atom stereocenters. The largest absolute Gasteiger partial charge is 0.497 e. The van der Waals surface area contributed by atoms with Gasteiger partial charge in [-0.1, -0.05) is 12.1 Å². The Bertz CT molecular complexity index is 1030. The Kier molecular flexibility index (Phi) is 6.59. The van der Waals surface area contributed by atoms with E-state index in [0.717, 1.165) is 35.7 Å². The number of piperazine rings is 1. The van der Waals surface area contributed by atoms with Gasteiger partial charge in [0.25, 0.3) is 0 Å². The van der Waals surface area contributed by atoms with E-state index >= 15 is 0 Å². The molecule has 166 valence electrons. The summed E-state index contributed by atoms with van der Waals surface area (Å²) in [7, 11) is 1.65. The molecule has 4 rings (SSSR count). The van der Waals surface area contributed by atoms with Gasteiger partial charge in [-0.3, -0.25) is 9.59 Å². The number of anilines is 1. The predicted octanol–water partition coefficient (Wildman–Crippen LogP) is 4.03. The fourth-order valence-electron chi connectivity index (χ4n) is 4.19. The molecule has 1 aliphatic heterocycles. The summed E-state index contributed by atoms with van der Waals surface area (Å²) in [5.41, 5.74) is 2.89. The minimum Gasteiger partial charge on any atom is -0.497 e. The second-order valence-corrected chi connectivity index (χ2v) is 8.09. The number of hydrogen-bond donors (Lipinski definition) is 0. The van der Waals surface area contributed by atoms with Crippen molar-refractivity contribution in [3.05, 3.63) is 84.2 Å². The third-order valence-corrected chi connectivity index (χ3v) is 6.13. The summed E-state index contributed by atoms with van der Waals surface area (Å²) in [5, 5.41) is 0. The van der Waals surface area contributed by atoms with Gasteiger partial charge in [-0.2, -0.15) is 0 Å². The number of amides is 1. The van der Waals surface area contributed by atoms with Crippen LogP contribution in [0.5, 0.6) is 5.75 Å². The van der Waals surface area contributed by atoms with E-state index in [2.05, 4.69) is 9.47 Å². The third-order valence-electron chi connectivity index (χ3n) is 6.13. The Morgan fingerprint density at radius 1 is 0.906 bits per heavy atom. The van der Waals surface area contributed by atoms with E-state index in [1.807, 2.05) is 78.0 Å². The molecule has 32 heavy (non-hydrogen) atoms. The number of Topliss-reactive ketones (excluding diaryl/α,β-unsaturated/α-hetero) is 1. The monoisotopic (exact) mass is 431 g/mol. The number of rotatable bonds is 7. The molecule has 0 spiro atoms. The van der Waals surface area contributed by atoms with Crippen LogP contribution in [-0.2, 0) is 4.79 Å². The van der Waals surface area contributed by atoms with Crippen LogP contribution in [0.3, 0.4) is 0 Å². The Hall–Kier alpha value is -3.54. The van der Waals surface area contributed by atoms with Crippen LogP contribution in [0, 0.1) is 0 Å². The summed E-state index contributed by atoms with van der Waals surface area (Å²) >= 11 is 0. The van der Waals surface area contributed by atoms with E-state index in [1.54, 1.807) is 14.0 Å². The van der Waals surface area contributed by atoms with E-state index in [9.17, 15) is 9.59 Å². The lowest BCUT2D eigenvalue weighted by atomic mass is 10.0. The molecule has 1 aliphatic rings. The van der Waals surface area contributed by atoms with Crippen LogP contribution in [0.15, 0.2) is 73.1 Å². The zero-order valence-corrected chi connectivity index (χ0v) is 18.6.